The summed E-state index contributed by atoms with van der Waals surface area (Å²) in [6.45, 7) is -2.66. The van der Waals surface area contributed by atoms with Crippen LogP contribution in [0.4, 0.5) is 39.5 Å². The number of nitrogens with one attached hydrogen (secondary N) is 3. The molecule has 11 nitrogen and oxygen atoms in total. The Kier molecular flexibility index (Phi) is 18.7. The monoisotopic (exact) mass is 881 g/mol. The summed E-state index contributed by atoms with van der Waals surface area (Å²) in [5, 5.41) is 16.5. The van der Waals surface area contributed by atoms with Crippen LogP contribution in [0.15, 0.2) is 78.9 Å². The molecule has 1 unspecified atom stereocenters. The van der Waals surface area contributed by atoms with E-state index in [0.717, 1.165) is 0 Å². The fourth-order valence-corrected chi connectivity index (χ4v) is 6.64. The Morgan fingerprint density at radius 3 is 1.26 bits per heavy atom. The SMILES string of the molecule is COc1ccc(C(OCC(O)COCC(CCCNC(=O)C(F)(F)F)(CCCNC(=O)C(F)(F)F)CCCNC(=O)C(F)(F)F)(c2ccccc2)c2ccc(OC)cc2)cc1. The summed E-state index contributed by atoms with van der Waals surface area (Å²) in [7, 11) is 3.02. The maximum atomic E-state index is 12.8. The summed E-state index contributed by atoms with van der Waals surface area (Å²) in [6.07, 6.45) is -17.6. The molecule has 0 spiro atoms. The predicted molar refractivity (Wildman–Crippen MR) is 202 cm³/mol. The Hall–Kier alpha value is -5.08. The number of ether oxygens (including phenoxy) is 4. The van der Waals surface area contributed by atoms with Crippen molar-refractivity contribution in [2.45, 2.75) is 68.8 Å². The van der Waals surface area contributed by atoms with Crippen molar-refractivity contribution in [3.05, 3.63) is 95.6 Å². The van der Waals surface area contributed by atoms with Gasteiger partial charge in [-0.2, -0.15) is 39.5 Å². The number of alkyl halides is 9. The zero-order valence-electron chi connectivity index (χ0n) is 33.3. The molecule has 0 aromatic heterocycles. The lowest BCUT2D eigenvalue weighted by Gasteiger charge is -2.37. The lowest BCUT2D eigenvalue weighted by atomic mass is 9.75. The van der Waals surface area contributed by atoms with Crippen LogP contribution in [0.1, 0.15) is 55.2 Å². The van der Waals surface area contributed by atoms with Gasteiger partial charge in [0, 0.05) is 19.6 Å². The average molecular weight is 882 g/mol. The van der Waals surface area contributed by atoms with Gasteiger partial charge < -0.3 is 40.0 Å². The van der Waals surface area contributed by atoms with Crippen molar-refractivity contribution in [1.29, 1.82) is 0 Å². The van der Waals surface area contributed by atoms with Gasteiger partial charge in [0.15, 0.2) is 0 Å². The number of carbonyl (C=O) groups is 3. The van der Waals surface area contributed by atoms with Crippen LogP contribution in [0.2, 0.25) is 0 Å². The zero-order chi connectivity index (χ0) is 45.3. The van der Waals surface area contributed by atoms with Crippen molar-refractivity contribution in [3.8, 4) is 11.5 Å². The van der Waals surface area contributed by atoms with Crippen molar-refractivity contribution < 1.29 is 78.0 Å². The van der Waals surface area contributed by atoms with Gasteiger partial charge in [-0.1, -0.05) is 54.6 Å². The van der Waals surface area contributed by atoms with Crippen molar-refractivity contribution in [1.82, 2.24) is 16.0 Å². The molecule has 0 saturated carbocycles. The van der Waals surface area contributed by atoms with E-state index < -0.39 is 79.6 Å². The van der Waals surface area contributed by atoms with Crippen molar-refractivity contribution >= 4 is 17.7 Å². The number of halogens is 9. The van der Waals surface area contributed by atoms with Crippen LogP contribution in [0, 0.1) is 5.41 Å². The summed E-state index contributed by atoms with van der Waals surface area (Å²) in [6, 6.07) is 23.2. The van der Waals surface area contributed by atoms with E-state index in [9.17, 15) is 59.0 Å². The van der Waals surface area contributed by atoms with Crippen molar-refractivity contribution in [2.24, 2.45) is 5.41 Å². The molecule has 0 bridgehead atoms. The van der Waals surface area contributed by atoms with E-state index >= 15 is 0 Å². The van der Waals surface area contributed by atoms with E-state index in [1.165, 1.54) is 14.2 Å². The highest BCUT2D eigenvalue weighted by Crippen LogP contribution is 2.42. The number of carbonyl (C=O) groups excluding carboxylic acids is 3. The number of aliphatic hydroxyl groups is 1. The molecule has 3 aromatic rings. The second kappa shape index (κ2) is 22.7. The topological polar surface area (TPSA) is 144 Å². The molecule has 3 amide bonds. The molecule has 61 heavy (non-hydrogen) atoms. The van der Waals surface area contributed by atoms with Crippen LogP contribution >= 0.6 is 0 Å². The van der Waals surface area contributed by atoms with Gasteiger partial charge in [0.25, 0.3) is 0 Å². The van der Waals surface area contributed by atoms with Gasteiger partial charge >= 0.3 is 36.3 Å². The van der Waals surface area contributed by atoms with E-state index in [0.29, 0.717) is 28.2 Å². The molecule has 0 radical (unpaired) electrons. The molecule has 0 aliphatic rings. The minimum atomic E-state index is -5.19. The summed E-state index contributed by atoms with van der Waals surface area (Å²) in [5.41, 5.74) is -0.595. The van der Waals surface area contributed by atoms with Gasteiger partial charge in [-0.05, 0) is 84.9 Å². The Bertz CT molecular complexity index is 1680. The molecule has 3 aromatic carbocycles. The molecular formula is C41H48F9N3O8. The Morgan fingerprint density at radius 2 is 0.918 bits per heavy atom. The van der Waals surface area contributed by atoms with Crippen LogP contribution in [0.5, 0.6) is 11.5 Å². The fourth-order valence-electron chi connectivity index (χ4n) is 6.64. The predicted octanol–water partition coefficient (Wildman–Crippen LogP) is 6.75. The minimum Gasteiger partial charge on any atom is -0.497 e. The quantitative estimate of drug-likeness (QED) is 0.0440. The van der Waals surface area contributed by atoms with E-state index in [1.807, 2.05) is 18.2 Å². The van der Waals surface area contributed by atoms with Crippen LogP contribution in [-0.4, -0.2) is 101 Å². The first-order chi connectivity index (χ1) is 28.7. The Morgan fingerprint density at radius 1 is 0.557 bits per heavy atom. The number of aliphatic hydroxyl groups excluding tert-OH is 1. The molecule has 3 rings (SSSR count). The molecule has 1 atom stereocenters. The highest BCUT2D eigenvalue weighted by atomic mass is 19.4. The number of rotatable bonds is 24. The van der Waals surface area contributed by atoms with E-state index in [4.69, 9.17) is 18.9 Å². The molecule has 20 heteroatoms. The largest absolute Gasteiger partial charge is 0.497 e. The van der Waals surface area contributed by atoms with E-state index in [1.54, 1.807) is 76.6 Å². The van der Waals surface area contributed by atoms with E-state index in [-0.39, 0.29) is 51.7 Å². The maximum Gasteiger partial charge on any atom is 0.471 e. The molecule has 0 heterocycles. The van der Waals surface area contributed by atoms with Gasteiger partial charge in [0.05, 0.1) is 34.0 Å². The number of methoxy groups -OCH3 is 2. The summed E-state index contributed by atoms with van der Waals surface area (Å²) < 4.78 is 139. The molecular weight excluding hydrogens is 833 g/mol. The van der Waals surface area contributed by atoms with Crippen molar-refractivity contribution in [2.75, 3.05) is 53.7 Å². The number of hydrogen-bond donors (Lipinski definition) is 4. The van der Waals surface area contributed by atoms with Crippen LogP contribution in [0.25, 0.3) is 0 Å². The standard InChI is InChI=1S/C41H48F9N3O8/c1-58-32-15-11-29(12-16-32)38(28-9-4-3-5-10-28,30-13-17-33(59-2)18-14-30)61-26-31(54)25-60-27-37(19-6-22-51-34(55)39(42,43)44,20-7-23-52-35(56)40(45,46)47)21-8-24-53-36(57)41(48,49)50/h3-5,9-18,31,54H,6-8,19-27H2,1-2H3,(H,51,55)(H,52,56)(H,53,57). The van der Waals surface area contributed by atoms with Crippen LogP contribution in [-0.2, 0) is 29.5 Å². The summed E-state index contributed by atoms with van der Waals surface area (Å²) in [5.74, 6) is -5.55. The fraction of sp³-hybridized carbons (Fsp3) is 0.488. The third-order valence-corrected chi connectivity index (χ3v) is 9.66. The number of benzene rings is 3. The third-order valence-electron chi connectivity index (χ3n) is 9.66. The second-order valence-electron chi connectivity index (χ2n) is 14.1. The number of hydrogen-bond acceptors (Lipinski definition) is 8. The van der Waals surface area contributed by atoms with Crippen LogP contribution < -0.4 is 25.4 Å². The summed E-state index contributed by atoms with van der Waals surface area (Å²) in [4.78, 5) is 34.3. The maximum absolute atomic E-state index is 12.8. The Balaban J connectivity index is 1.89. The van der Waals surface area contributed by atoms with Crippen molar-refractivity contribution in [3.63, 3.8) is 0 Å². The van der Waals surface area contributed by atoms with Gasteiger partial charge in [-0.3, -0.25) is 14.4 Å². The lowest BCUT2D eigenvalue weighted by molar-refractivity contribution is -0.173. The Labute approximate surface area is 346 Å². The molecule has 338 valence electrons. The first-order valence-corrected chi connectivity index (χ1v) is 19.0. The van der Waals surface area contributed by atoms with Crippen LogP contribution in [0.3, 0.4) is 0 Å². The first kappa shape index (κ1) is 50.3. The zero-order valence-corrected chi connectivity index (χ0v) is 33.3. The lowest BCUT2D eigenvalue weighted by Crippen LogP contribution is -2.40. The van der Waals surface area contributed by atoms with Gasteiger partial charge in [0.2, 0.25) is 0 Å². The molecule has 0 fully saturated rings. The molecule has 0 aliphatic heterocycles. The molecule has 4 N–H and O–H groups in total. The van der Waals surface area contributed by atoms with Gasteiger partial charge in [0.1, 0.15) is 23.2 Å². The third kappa shape index (κ3) is 15.4. The van der Waals surface area contributed by atoms with Gasteiger partial charge in [-0.15, -0.1) is 0 Å². The highest BCUT2D eigenvalue weighted by Gasteiger charge is 2.41. The molecule has 0 saturated heterocycles. The first-order valence-electron chi connectivity index (χ1n) is 19.0. The minimum absolute atomic E-state index is 0.0791. The highest BCUT2D eigenvalue weighted by molar-refractivity contribution is 5.82. The van der Waals surface area contributed by atoms with E-state index in [2.05, 4.69) is 0 Å². The van der Waals surface area contributed by atoms with Gasteiger partial charge in [-0.25, -0.2) is 0 Å². The second-order valence-corrected chi connectivity index (χ2v) is 14.1. The normalized spacial score (nSPS) is 13.0. The average Bonchev–Trinajstić information content (AvgIpc) is 3.22. The summed E-state index contributed by atoms with van der Waals surface area (Å²) >= 11 is 0. The molecule has 0 aliphatic carbocycles. The number of amides is 3. The smallest absolute Gasteiger partial charge is 0.471 e.